The number of unbranched alkanes of at least 4 members (excludes halogenated alkanes) is 4. The molecule has 0 atom stereocenters. The second-order valence-electron chi connectivity index (χ2n) is 5.07. The fourth-order valence-electron chi connectivity index (χ4n) is 2.12. The maximum absolute atomic E-state index is 11.6. The molecule has 0 saturated carbocycles. The van der Waals surface area contributed by atoms with E-state index in [0.717, 1.165) is 24.2 Å². The first-order valence-electron chi connectivity index (χ1n) is 7.51. The zero-order valence-electron chi connectivity index (χ0n) is 12.4. The topological polar surface area (TPSA) is 59.9 Å². The monoisotopic (exact) mass is 290 g/mol. The summed E-state index contributed by atoms with van der Waals surface area (Å²) < 4.78 is 10.5. The molecular weight excluding hydrogens is 268 g/mol. The molecule has 0 aromatic heterocycles. The van der Waals surface area contributed by atoms with Gasteiger partial charge in [0.1, 0.15) is 0 Å². The van der Waals surface area contributed by atoms with Crippen LogP contribution in [0.2, 0.25) is 0 Å². The minimum Gasteiger partial charge on any atom is -0.454 e. The Morgan fingerprint density at radius 3 is 2.90 bits per heavy atom. The number of nitrogens with one attached hydrogen (secondary N) is 1. The van der Waals surface area contributed by atoms with Crippen molar-refractivity contribution < 1.29 is 14.3 Å². The van der Waals surface area contributed by atoms with Gasteiger partial charge in [0.05, 0.1) is 6.21 Å². The first-order valence-corrected chi connectivity index (χ1v) is 7.51. The van der Waals surface area contributed by atoms with Gasteiger partial charge in [-0.15, -0.1) is 0 Å². The van der Waals surface area contributed by atoms with Crippen LogP contribution in [-0.4, -0.2) is 18.9 Å². The predicted octanol–water partition coefficient (Wildman–Crippen LogP) is 3.23. The summed E-state index contributed by atoms with van der Waals surface area (Å²) in [4.78, 5) is 11.6. The van der Waals surface area contributed by atoms with Crippen LogP contribution >= 0.6 is 0 Å². The average Bonchev–Trinajstić information content (AvgIpc) is 2.94. The van der Waals surface area contributed by atoms with Crippen molar-refractivity contribution in [2.45, 2.75) is 45.4 Å². The van der Waals surface area contributed by atoms with Gasteiger partial charge in [-0.3, -0.25) is 4.79 Å². The minimum absolute atomic E-state index is 0.0384. The molecule has 2 rings (SSSR count). The summed E-state index contributed by atoms with van der Waals surface area (Å²) >= 11 is 0. The molecule has 0 saturated heterocycles. The summed E-state index contributed by atoms with van der Waals surface area (Å²) in [5.41, 5.74) is 3.41. The number of ether oxygens (including phenoxy) is 2. The number of rotatable bonds is 8. The molecule has 1 aliphatic heterocycles. The lowest BCUT2D eigenvalue weighted by Crippen LogP contribution is -2.16. The standard InChI is InChI=1S/C16H22N2O3/c1-2-3-4-5-6-7-16(19)18-17-11-13-8-9-14-15(10-13)21-12-20-14/h8-11H,2-7,12H2,1H3,(H,18,19)/b17-11+. The lowest BCUT2D eigenvalue weighted by atomic mass is 10.1. The van der Waals surface area contributed by atoms with Crippen LogP contribution in [-0.2, 0) is 4.79 Å². The van der Waals surface area contributed by atoms with Crippen molar-refractivity contribution in [2.24, 2.45) is 5.10 Å². The fraction of sp³-hybridized carbons (Fsp3) is 0.500. The van der Waals surface area contributed by atoms with E-state index < -0.39 is 0 Å². The van der Waals surface area contributed by atoms with E-state index in [0.29, 0.717) is 12.2 Å². The zero-order chi connectivity index (χ0) is 14.9. The summed E-state index contributed by atoms with van der Waals surface area (Å²) in [6.07, 6.45) is 7.82. The maximum atomic E-state index is 11.6. The van der Waals surface area contributed by atoms with Crippen molar-refractivity contribution in [3.8, 4) is 11.5 Å². The van der Waals surface area contributed by atoms with Gasteiger partial charge in [-0.25, -0.2) is 5.43 Å². The fourth-order valence-corrected chi connectivity index (χ4v) is 2.12. The highest BCUT2D eigenvalue weighted by Crippen LogP contribution is 2.31. The number of benzene rings is 1. The van der Waals surface area contributed by atoms with Gasteiger partial charge in [-0.1, -0.05) is 32.6 Å². The third kappa shape index (κ3) is 5.10. The highest BCUT2D eigenvalue weighted by atomic mass is 16.7. The van der Waals surface area contributed by atoms with Crippen molar-refractivity contribution >= 4 is 12.1 Å². The SMILES string of the molecule is CCCCCCCC(=O)N/N=C/c1ccc2c(c1)OCO2. The number of hydrogen-bond acceptors (Lipinski definition) is 4. The van der Waals surface area contributed by atoms with Crippen molar-refractivity contribution in [3.63, 3.8) is 0 Å². The third-order valence-corrected chi connectivity index (χ3v) is 3.31. The quantitative estimate of drug-likeness (QED) is 0.454. The number of nitrogens with zero attached hydrogens (tertiary/aromatic N) is 1. The zero-order valence-corrected chi connectivity index (χ0v) is 12.4. The van der Waals surface area contributed by atoms with E-state index in [4.69, 9.17) is 9.47 Å². The molecule has 1 N–H and O–H groups in total. The second-order valence-corrected chi connectivity index (χ2v) is 5.07. The molecule has 0 radical (unpaired) electrons. The molecule has 0 spiro atoms. The van der Waals surface area contributed by atoms with Crippen LogP contribution in [0.15, 0.2) is 23.3 Å². The van der Waals surface area contributed by atoms with E-state index in [1.807, 2.05) is 18.2 Å². The Hall–Kier alpha value is -2.04. The molecule has 5 heteroatoms. The van der Waals surface area contributed by atoms with Crippen LogP contribution in [0.3, 0.4) is 0 Å². The Kier molecular flexibility index (Phi) is 6.06. The van der Waals surface area contributed by atoms with Crippen LogP contribution in [0.1, 0.15) is 51.0 Å². The van der Waals surface area contributed by atoms with Crippen LogP contribution in [0.25, 0.3) is 0 Å². The number of fused-ring (bicyclic) bond motifs is 1. The number of carbonyl (C=O) groups excluding carboxylic acids is 1. The first kappa shape index (κ1) is 15.4. The number of hydrogen-bond donors (Lipinski definition) is 1. The van der Waals surface area contributed by atoms with Gasteiger partial charge in [0.2, 0.25) is 12.7 Å². The Bertz CT molecular complexity index is 500. The molecule has 114 valence electrons. The van der Waals surface area contributed by atoms with Crippen LogP contribution < -0.4 is 14.9 Å². The summed E-state index contributed by atoms with van der Waals surface area (Å²) in [5, 5.41) is 3.96. The lowest BCUT2D eigenvalue weighted by molar-refractivity contribution is -0.121. The Labute approximate surface area is 125 Å². The molecule has 1 amide bonds. The van der Waals surface area contributed by atoms with E-state index in [2.05, 4.69) is 17.5 Å². The van der Waals surface area contributed by atoms with Gasteiger partial charge in [-0.05, 0) is 30.2 Å². The molecule has 0 aliphatic carbocycles. The largest absolute Gasteiger partial charge is 0.454 e. The maximum Gasteiger partial charge on any atom is 0.240 e. The molecule has 0 unspecified atom stereocenters. The van der Waals surface area contributed by atoms with Crippen LogP contribution in [0.5, 0.6) is 11.5 Å². The van der Waals surface area contributed by atoms with Crippen molar-refractivity contribution in [2.75, 3.05) is 6.79 Å². The van der Waals surface area contributed by atoms with Gasteiger partial charge in [0.15, 0.2) is 11.5 Å². The molecule has 1 aromatic rings. The van der Waals surface area contributed by atoms with Crippen molar-refractivity contribution in [1.29, 1.82) is 0 Å². The van der Waals surface area contributed by atoms with Crippen LogP contribution in [0, 0.1) is 0 Å². The first-order chi connectivity index (χ1) is 10.3. The molecule has 5 nitrogen and oxygen atoms in total. The predicted molar refractivity (Wildman–Crippen MR) is 81.7 cm³/mol. The molecule has 0 fully saturated rings. The molecular formula is C16H22N2O3. The molecule has 21 heavy (non-hydrogen) atoms. The second kappa shape index (κ2) is 8.29. The van der Waals surface area contributed by atoms with Crippen LogP contribution in [0.4, 0.5) is 0 Å². The molecule has 1 aromatic carbocycles. The summed E-state index contributed by atoms with van der Waals surface area (Å²) in [6, 6.07) is 5.54. The minimum atomic E-state index is -0.0384. The van der Waals surface area contributed by atoms with Gasteiger partial charge in [-0.2, -0.15) is 5.10 Å². The summed E-state index contributed by atoms with van der Waals surface area (Å²) in [7, 11) is 0. The van der Waals surface area contributed by atoms with E-state index in [9.17, 15) is 4.79 Å². The van der Waals surface area contributed by atoms with Gasteiger partial charge < -0.3 is 9.47 Å². The van der Waals surface area contributed by atoms with Crippen molar-refractivity contribution in [1.82, 2.24) is 5.43 Å². The van der Waals surface area contributed by atoms with Gasteiger partial charge in [0.25, 0.3) is 0 Å². The smallest absolute Gasteiger partial charge is 0.240 e. The van der Waals surface area contributed by atoms with E-state index in [1.54, 1.807) is 6.21 Å². The summed E-state index contributed by atoms with van der Waals surface area (Å²) in [5.74, 6) is 1.41. The Morgan fingerprint density at radius 2 is 2.05 bits per heavy atom. The Balaban J connectivity index is 1.68. The summed E-state index contributed by atoms with van der Waals surface area (Å²) in [6.45, 7) is 2.43. The van der Waals surface area contributed by atoms with Crippen molar-refractivity contribution in [3.05, 3.63) is 23.8 Å². The normalized spacial score (nSPS) is 12.8. The highest BCUT2D eigenvalue weighted by Gasteiger charge is 2.12. The number of hydrazone groups is 1. The highest BCUT2D eigenvalue weighted by molar-refractivity contribution is 5.83. The molecule has 1 heterocycles. The lowest BCUT2D eigenvalue weighted by Gasteiger charge is -2.00. The van der Waals surface area contributed by atoms with E-state index in [1.165, 1.54) is 19.3 Å². The number of amides is 1. The molecule has 1 aliphatic rings. The third-order valence-electron chi connectivity index (χ3n) is 3.31. The van der Waals surface area contributed by atoms with E-state index in [-0.39, 0.29) is 12.7 Å². The Morgan fingerprint density at radius 1 is 1.24 bits per heavy atom. The van der Waals surface area contributed by atoms with Gasteiger partial charge in [0, 0.05) is 6.42 Å². The van der Waals surface area contributed by atoms with E-state index >= 15 is 0 Å². The number of carbonyl (C=O) groups is 1. The molecule has 0 bridgehead atoms. The van der Waals surface area contributed by atoms with Gasteiger partial charge >= 0.3 is 0 Å². The average molecular weight is 290 g/mol.